The maximum absolute atomic E-state index is 12.4. The first-order valence-corrected chi connectivity index (χ1v) is 8.86. The molecule has 144 valence electrons. The predicted molar refractivity (Wildman–Crippen MR) is 101 cm³/mol. The summed E-state index contributed by atoms with van der Waals surface area (Å²) in [5, 5.41) is 12.2. The first kappa shape index (κ1) is 20.6. The number of rotatable bonds is 8. The standard InChI is InChI=1S/C19H22ClN3O4/c1-11(2)17-21-10-14(20)16(23-17)18(24)22-9-13(19(25)26)8-12-6-4-5-7-15(12)27-3/h4-7,10-11,13H,8-9H2,1-3H3,(H,22,24)(H,25,26). The number of nitrogens with zero attached hydrogens (tertiary/aromatic N) is 2. The van der Waals surface area contributed by atoms with Crippen LogP contribution in [0.15, 0.2) is 30.5 Å². The van der Waals surface area contributed by atoms with Crippen LogP contribution in [0, 0.1) is 5.92 Å². The van der Waals surface area contributed by atoms with E-state index in [1.165, 1.54) is 13.3 Å². The highest BCUT2D eigenvalue weighted by Gasteiger charge is 2.22. The number of methoxy groups -OCH3 is 1. The van der Waals surface area contributed by atoms with E-state index in [0.29, 0.717) is 11.6 Å². The highest BCUT2D eigenvalue weighted by molar-refractivity contribution is 6.33. The van der Waals surface area contributed by atoms with Crippen LogP contribution in [-0.2, 0) is 11.2 Å². The van der Waals surface area contributed by atoms with Crippen LogP contribution < -0.4 is 10.1 Å². The van der Waals surface area contributed by atoms with Gasteiger partial charge in [0.05, 0.1) is 24.2 Å². The Morgan fingerprint density at radius 1 is 1.30 bits per heavy atom. The fourth-order valence-electron chi connectivity index (χ4n) is 2.50. The minimum atomic E-state index is -1.02. The van der Waals surface area contributed by atoms with Crippen LogP contribution in [0.3, 0.4) is 0 Å². The van der Waals surface area contributed by atoms with E-state index in [1.807, 2.05) is 26.0 Å². The number of halogens is 1. The zero-order chi connectivity index (χ0) is 20.0. The zero-order valence-corrected chi connectivity index (χ0v) is 16.2. The Morgan fingerprint density at radius 2 is 2.00 bits per heavy atom. The van der Waals surface area contributed by atoms with Crippen molar-refractivity contribution in [3.8, 4) is 5.75 Å². The van der Waals surface area contributed by atoms with Gasteiger partial charge in [0.25, 0.3) is 5.91 Å². The van der Waals surface area contributed by atoms with E-state index in [2.05, 4.69) is 15.3 Å². The first-order chi connectivity index (χ1) is 12.8. The lowest BCUT2D eigenvalue weighted by Gasteiger charge is -2.16. The minimum absolute atomic E-state index is 0.0335. The van der Waals surface area contributed by atoms with Crippen LogP contribution >= 0.6 is 11.6 Å². The van der Waals surface area contributed by atoms with Gasteiger partial charge in [0.15, 0.2) is 0 Å². The Balaban J connectivity index is 2.11. The van der Waals surface area contributed by atoms with Crippen LogP contribution in [0.25, 0.3) is 0 Å². The highest BCUT2D eigenvalue weighted by Crippen LogP contribution is 2.21. The number of benzene rings is 1. The number of carbonyl (C=O) groups is 2. The molecule has 8 heteroatoms. The number of carbonyl (C=O) groups excluding carboxylic acids is 1. The molecular formula is C19H22ClN3O4. The molecule has 1 amide bonds. The number of aromatic nitrogens is 2. The van der Waals surface area contributed by atoms with Gasteiger partial charge in [0.1, 0.15) is 17.3 Å². The number of hydrogen-bond acceptors (Lipinski definition) is 5. The second-order valence-corrected chi connectivity index (χ2v) is 6.75. The van der Waals surface area contributed by atoms with Crippen LogP contribution in [0.1, 0.15) is 41.6 Å². The summed E-state index contributed by atoms with van der Waals surface area (Å²) < 4.78 is 5.26. The van der Waals surface area contributed by atoms with Gasteiger partial charge in [-0.1, -0.05) is 43.6 Å². The van der Waals surface area contributed by atoms with Crippen molar-refractivity contribution in [2.24, 2.45) is 5.92 Å². The Kier molecular flexibility index (Phi) is 7.12. The van der Waals surface area contributed by atoms with Gasteiger partial charge in [-0.3, -0.25) is 9.59 Å². The van der Waals surface area contributed by atoms with Crippen molar-refractivity contribution in [1.82, 2.24) is 15.3 Å². The molecule has 0 saturated carbocycles. The molecule has 7 nitrogen and oxygen atoms in total. The zero-order valence-electron chi connectivity index (χ0n) is 15.4. The molecule has 1 atom stereocenters. The van der Waals surface area contributed by atoms with E-state index in [1.54, 1.807) is 12.1 Å². The number of carboxylic acid groups (broad SMARTS) is 1. The molecule has 0 bridgehead atoms. The predicted octanol–water partition coefficient (Wildman–Crippen LogP) is 2.94. The normalized spacial score (nSPS) is 11.9. The van der Waals surface area contributed by atoms with Crippen molar-refractivity contribution in [3.63, 3.8) is 0 Å². The van der Waals surface area contributed by atoms with Gasteiger partial charge in [0, 0.05) is 12.5 Å². The van der Waals surface area contributed by atoms with Gasteiger partial charge in [-0.15, -0.1) is 0 Å². The van der Waals surface area contributed by atoms with Gasteiger partial charge in [-0.2, -0.15) is 0 Å². The van der Waals surface area contributed by atoms with E-state index in [0.717, 1.165) is 5.56 Å². The third-order valence-corrected chi connectivity index (χ3v) is 4.29. The van der Waals surface area contributed by atoms with Crippen molar-refractivity contribution >= 4 is 23.5 Å². The van der Waals surface area contributed by atoms with Crippen LogP contribution in [0.5, 0.6) is 5.75 Å². The SMILES string of the molecule is COc1ccccc1CC(CNC(=O)c1nc(C(C)C)ncc1Cl)C(=O)O. The molecule has 0 fully saturated rings. The lowest BCUT2D eigenvalue weighted by atomic mass is 9.98. The quantitative estimate of drug-likeness (QED) is 0.717. The fraction of sp³-hybridized carbons (Fsp3) is 0.368. The molecule has 2 aromatic rings. The summed E-state index contributed by atoms with van der Waals surface area (Å²) in [6, 6.07) is 7.18. The second kappa shape index (κ2) is 9.32. The van der Waals surface area contributed by atoms with Crippen molar-refractivity contribution in [1.29, 1.82) is 0 Å². The summed E-state index contributed by atoms with van der Waals surface area (Å²) in [6.45, 7) is 3.74. The number of para-hydroxylation sites is 1. The summed E-state index contributed by atoms with van der Waals surface area (Å²) in [7, 11) is 1.53. The largest absolute Gasteiger partial charge is 0.496 e. The Morgan fingerprint density at radius 3 is 2.63 bits per heavy atom. The summed E-state index contributed by atoms with van der Waals surface area (Å²) in [6.07, 6.45) is 1.59. The third kappa shape index (κ3) is 5.40. The molecule has 0 saturated heterocycles. The van der Waals surface area contributed by atoms with Crippen LogP contribution in [0.2, 0.25) is 5.02 Å². The molecular weight excluding hydrogens is 370 g/mol. The van der Waals surface area contributed by atoms with Crippen molar-refractivity contribution in [2.45, 2.75) is 26.2 Å². The minimum Gasteiger partial charge on any atom is -0.496 e. The molecule has 1 heterocycles. The van der Waals surface area contributed by atoms with Gasteiger partial charge in [-0.25, -0.2) is 9.97 Å². The maximum atomic E-state index is 12.4. The lowest BCUT2D eigenvalue weighted by Crippen LogP contribution is -2.35. The number of hydrogen-bond donors (Lipinski definition) is 2. The summed E-state index contributed by atoms with van der Waals surface area (Å²) in [5.74, 6) is -1.24. The first-order valence-electron chi connectivity index (χ1n) is 8.48. The number of aliphatic carboxylic acids is 1. The van der Waals surface area contributed by atoms with E-state index in [9.17, 15) is 14.7 Å². The smallest absolute Gasteiger partial charge is 0.308 e. The Bertz CT molecular complexity index is 826. The van der Waals surface area contributed by atoms with E-state index < -0.39 is 17.8 Å². The van der Waals surface area contributed by atoms with Crippen molar-refractivity contribution < 1.29 is 19.4 Å². The molecule has 1 aromatic carbocycles. The van der Waals surface area contributed by atoms with E-state index in [4.69, 9.17) is 16.3 Å². The number of carboxylic acids is 1. The fourth-order valence-corrected chi connectivity index (χ4v) is 2.68. The topological polar surface area (TPSA) is 101 Å². The molecule has 0 spiro atoms. The molecule has 27 heavy (non-hydrogen) atoms. The van der Waals surface area contributed by atoms with Gasteiger partial charge < -0.3 is 15.2 Å². The monoisotopic (exact) mass is 391 g/mol. The van der Waals surface area contributed by atoms with E-state index >= 15 is 0 Å². The summed E-state index contributed by atoms with van der Waals surface area (Å²) in [5.41, 5.74) is 0.792. The second-order valence-electron chi connectivity index (χ2n) is 6.34. The van der Waals surface area contributed by atoms with Crippen molar-refractivity contribution in [3.05, 3.63) is 52.6 Å². The molecule has 1 unspecified atom stereocenters. The molecule has 0 aliphatic rings. The highest BCUT2D eigenvalue weighted by atomic mass is 35.5. The average molecular weight is 392 g/mol. The molecule has 2 rings (SSSR count). The van der Waals surface area contributed by atoms with Gasteiger partial charge in [-0.05, 0) is 18.1 Å². The third-order valence-electron chi connectivity index (χ3n) is 4.01. The number of ether oxygens (including phenoxy) is 1. The molecule has 1 aromatic heterocycles. The summed E-state index contributed by atoms with van der Waals surface area (Å²) in [4.78, 5) is 32.3. The molecule has 0 aliphatic carbocycles. The van der Waals surface area contributed by atoms with Crippen LogP contribution in [-0.4, -0.2) is 40.6 Å². The number of amides is 1. The van der Waals surface area contributed by atoms with Crippen LogP contribution in [0.4, 0.5) is 0 Å². The average Bonchev–Trinajstić information content (AvgIpc) is 2.65. The molecule has 0 radical (unpaired) electrons. The van der Waals surface area contributed by atoms with Gasteiger partial charge in [0.2, 0.25) is 0 Å². The summed E-state index contributed by atoms with van der Waals surface area (Å²) >= 11 is 6.02. The molecule has 2 N–H and O–H groups in total. The van der Waals surface area contributed by atoms with Crippen molar-refractivity contribution in [2.75, 3.05) is 13.7 Å². The maximum Gasteiger partial charge on any atom is 0.308 e. The van der Waals surface area contributed by atoms with Gasteiger partial charge >= 0.3 is 5.97 Å². The number of nitrogens with one attached hydrogen (secondary N) is 1. The Labute approximate surface area is 162 Å². The van der Waals surface area contributed by atoms with E-state index in [-0.39, 0.29) is 29.6 Å². The molecule has 0 aliphatic heterocycles. The Hall–Kier alpha value is -2.67. The lowest BCUT2D eigenvalue weighted by molar-refractivity contribution is -0.141.